The molecule has 0 radical (unpaired) electrons. The minimum atomic E-state index is -1.70. The summed E-state index contributed by atoms with van der Waals surface area (Å²) >= 11 is 1.96. The maximum absolute atomic E-state index is 13.8. The molecule has 8 heteroatoms. The number of aliphatic hydroxyl groups excluding tert-OH is 1. The summed E-state index contributed by atoms with van der Waals surface area (Å²) in [4.78, 5) is 24.3. The molecule has 94 valence electrons. The highest BCUT2D eigenvalue weighted by atomic mass is 127. The number of aromatic amines is 1. The Morgan fingerprint density at radius 2 is 2.29 bits per heavy atom. The fourth-order valence-corrected chi connectivity index (χ4v) is 2.41. The van der Waals surface area contributed by atoms with Gasteiger partial charge in [0.2, 0.25) is 0 Å². The highest BCUT2D eigenvalue weighted by molar-refractivity contribution is 14.1. The summed E-state index contributed by atoms with van der Waals surface area (Å²) in [6, 6.07) is 1.10. The van der Waals surface area contributed by atoms with Gasteiger partial charge in [0.1, 0.15) is 6.10 Å². The number of nitrogens with one attached hydrogen (secondary N) is 1. The summed E-state index contributed by atoms with van der Waals surface area (Å²) < 4.78 is 20.3. The first-order valence-electron chi connectivity index (χ1n) is 4.89. The van der Waals surface area contributed by atoms with Gasteiger partial charge in [-0.25, -0.2) is 9.18 Å². The van der Waals surface area contributed by atoms with E-state index in [1.807, 2.05) is 27.6 Å². The molecule has 2 unspecified atom stereocenters. The Labute approximate surface area is 109 Å². The number of nitrogens with zero attached hydrogens (tertiary/aromatic N) is 1. The molecule has 1 aliphatic heterocycles. The molecule has 2 heterocycles. The number of rotatable bonds is 2. The van der Waals surface area contributed by atoms with Crippen LogP contribution in [0.1, 0.15) is 6.23 Å². The molecule has 0 aromatic carbocycles. The van der Waals surface area contributed by atoms with E-state index in [0.29, 0.717) is 4.43 Å². The first kappa shape index (κ1) is 12.7. The summed E-state index contributed by atoms with van der Waals surface area (Å²) in [6.07, 6.45) is -3.67. The van der Waals surface area contributed by atoms with Crippen molar-refractivity contribution in [3.05, 3.63) is 33.1 Å². The lowest BCUT2D eigenvalue weighted by Gasteiger charge is -2.15. The Hall–Kier alpha value is -0.740. The molecule has 1 fully saturated rings. The van der Waals surface area contributed by atoms with Crippen LogP contribution >= 0.6 is 22.6 Å². The number of hydrogen-bond acceptors (Lipinski definition) is 4. The molecule has 17 heavy (non-hydrogen) atoms. The van der Waals surface area contributed by atoms with Gasteiger partial charge in [-0.15, -0.1) is 0 Å². The Kier molecular flexibility index (Phi) is 3.64. The van der Waals surface area contributed by atoms with E-state index in [2.05, 4.69) is 0 Å². The Morgan fingerprint density at radius 1 is 1.59 bits per heavy atom. The maximum atomic E-state index is 13.8. The molecular formula is C9H10FIN2O4. The number of alkyl halides is 2. The molecule has 2 N–H and O–H groups in total. The van der Waals surface area contributed by atoms with Crippen LogP contribution in [0.2, 0.25) is 0 Å². The van der Waals surface area contributed by atoms with Crippen molar-refractivity contribution >= 4 is 22.6 Å². The third kappa shape index (κ3) is 2.29. The predicted octanol–water partition coefficient (Wildman–Crippen LogP) is -0.432. The minimum absolute atomic E-state index is 0.411. The van der Waals surface area contributed by atoms with Crippen molar-refractivity contribution in [2.45, 2.75) is 24.6 Å². The average molecular weight is 356 g/mol. The fraction of sp³-hybridized carbons (Fsp3) is 0.556. The van der Waals surface area contributed by atoms with Crippen molar-refractivity contribution in [1.29, 1.82) is 0 Å². The van der Waals surface area contributed by atoms with Crippen LogP contribution in [0.15, 0.2) is 21.9 Å². The number of hydrogen-bond donors (Lipinski definition) is 2. The van der Waals surface area contributed by atoms with E-state index in [-0.39, 0.29) is 0 Å². The molecule has 1 aromatic rings. The molecule has 0 bridgehead atoms. The summed E-state index contributed by atoms with van der Waals surface area (Å²) in [5.74, 6) is 0. The van der Waals surface area contributed by atoms with Crippen molar-refractivity contribution in [2.75, 3.05) is 4.43 Å². The van der Waals surface area contributed by atoms with E-state index in [1.165, 1.54) is 0 Å². The number of aliphatic hydroxyl groups is 1. The van der Waals surface area contributed by atoms with Gasteiger partial charge in [0.05, 0.1) is 6.10 Å². The fourth-order valence-electron chi connectivity index (χ4n) is 1.68. The van der Waals surface area contributed by atoms with Crippen LogP contribution in [0, 0.1) is 0 Å². The Bertz CT molecular complexity index is 516. The van der Waals surface area contributed by atoms with E-state index in [4.69, 9.17) is 4.74 Å². The minimum Gasteiger partial charge on any atom is -0.387 e. The van der Waals surface area contributed by atoms with Crippen LogP contribution in [0.5, 0.6) is 0 Å². The van der Waals surface area contributed by atoms with Gasteiger partial charge in [0.15, 0.2) is 12.4 Å². The average Bonchev–Trinajstić information content (AvgIpc) is 2.57. The molecule has 1 aromatic heterocycles. The third-order valence-electron chi connectivity index (χ3n) is 2.57. The van der Waals surface area contributed by atoms with E-state index >= 15 is 0 Å². The number of H-pyrrole nitrogens is 1. The van der Waals surface area contributed by atoms with Crippen molar-refractivity contribution in [1.82, 2.24) is 9.55 Å². The van der Waals surface area contributed by atoms with Gasteiger partial charge >= 0.3 is 5.69 Å². The van der Waals surface area contributed by atoms with Crippen LogP contribution in [-0.4, -0.2) is 37.5 Å². The highest BCUT2D eigenvalue weighted by Gasteiger charge is 2.44. The SMILES string of the molecule is O=c1ccn([C@H]2O[C@@H](CI)C(O)C2F)c(=O)[nH]1. The van der Waals surface area contributed by atoms with Crippen LogP contribution in [-0.2, 0) is 4.74 Å². The van der Waals surface area contributed by atoms with Crippen LogP contribution in [0.4, 0.5) is 4.39 Å². The smallest absolute Gasteiger partial charge is 0.330 e. The molecule has 2 rings (SSSR count). The lowest BCUT2D eigenvalue weighted by atomic mass is 10.2. The number of aromatic nitrogens is 2. The van der Waals surface area contributed by atoms with Gasteiger partial charge in [-0.2, -0.15) is 0 Å². The van der Waals surface area contributed by atoms with E-state index in [0.717, 1.165) is 16.8 Å². The van der Waals surface area contributed by atoms with Gasteiger partial charge in [-0.1, -0.05) is 22.6 Å². The summed E-state index contributed by atoms with van der Waals surface area (Å²) in [5, 5.41) is 9.54. The molecule has 0 aliphatic carbocycles. The van der Waals surface area contributed by atoms with Gasteiger partial charge in [-0.05, 0) is 0 Å². The standard InChI is InChI=1S/C9H10FIN2O4/c10-6-7(15)4(3-11)17-8(6)13-2-1-5(14)12-9(13)16/h1-2,4,6-8,15H,3H2,(H,12,14,16)/t4-,6?,7?,8-/m0/s1. The lowest BCUT2D eigenvalue weighted by Crippen LogP contribution is -2.35. The zero-order valence-corrected chi connectivity index (χ0v) is 10.7. The second-order valence-corrected chi connectivity index (χ2v) is 4.55. The zero-order chi connectivity index (χ0) is 12.6. The summed E-state index contributed by atoms with van der Waals surface area (Å²) in [7, 11) is 0. The van der Waals surface area contributed by atoms with Crippen molar-refractivity contribution in [3.63, 3.8) is 0 Å². The van der Waals surface area contributed by atoms with Gasteiger partial charge in [-0.3, -0.25) is 14.3 Å². The molecule has 6 nitrogen and oxygen atoms in total. The van der Waals surface area contributed by atoms with Crippen molar-refractivity contribution in [2.24, 2.45) is 0 Å². The van der Waals surface area contributed by atoms with E-state index < -0.39 is 35.9 Å². The number of halogens is 2. The summed E-state index contributed by atoms with van der Waals surface area (Å²) in [5.41, 5.74) is -1.32. The third-order valence-corrected chi connectivity index (χ3v) is 3.44. The largest absolute Gasteiger partial charge is 0.387 e. The van der Waals surface area contributed by atoms with E-state index in [1.54, 1.807) is 0 Å². The summed E-state index contributed by atoms with van der Waals surface area (Å²) in [6.45, 7) is 0. The zero-order valence-electron chi connectivity index (χ0n) is 8.55. The first-order valence-corrected chi connectivity index (χ1v) is 6.42. The number of ether oxygens (including phenoxy) is 1. The normalized spacial score (nSPS) is 32.9. The van der Waals surface area contributed by atoms with Crippen molar-refractivity contribution < 1.29 is 14.2 Å². The monoisotopic (exact) mass is 356 g/mol. The lowest BCUT2D eigenvalue weighted by molar-refractivity contribution is -0.0153. The maximum Gasteiger partial charge on any atom is 0.330 e. The second kappa shape index (κ2) is 4.86. The molecule has 4 atom stereocenters. The topological polar surface area (TPSA) is 84.3 Å². The molecule has 0 spiro atoms. The molecule has 1 aliphatic rings. The molecular weight excluding hydrogens is 346 g/mol. The quantitative estimate of drug-likeness (QED) is 0.556. The highest BCUT2D eigenvalue weighted by Crippen LogP contribution is 2.31. The van der Waals surface area contributed by atoms with Gasteiger partial charge < -0.3 is 9.84 Å². The van der Waals surface area contributed by atoms with Crippen molar-refractivity contribution in [3.8, 4) is 0 Å². The predicted molar refractivity (Wildman–Crippen MR) is 65.0 cm³/mol. The van der Waals surface area contributed by atoms with E-state index in [9.17, 15) is 19.1 Å². The van der Waals surface area contributed by atoms with Crippen LogP contribution < -0.4 is 11.2 Å². The second-order valence-electron chi connectivity index (χ2n) is 3.67. The molecule has 0 amide bonds. The molecule has 0 saturated carbocycles. The van der Waals surface area contributed by atoms with Crippen LogP contribution in [0.25, 0.3) is 0 Å². The van der Waals surface area contributed by atoms with Gasteiger partial charge in [0.25, 0.3) is 5.56 Å². The Balaban J connectivity index is 2.35. The molecule has 1 saturated heterocycles. The Morgan fingerprint density at radius 3 is 2.82 bits per heavy atom. The first-order chi connectivity index (χ1) is 8.04. The van der Waals surface area contributed by atoms with Gasteiger partial charge in [0, 0.05) is 16.7 Å². The van der Waals surface area contributed by atoms with Crippen LogP contribution in [0.3, 0.4) is 0 Å².